The van der Waals surface area contributed by atoms with Crippen LogP contribution in [-0.4, -0.2) is 52.7 Å². The van der Waals surface area contributed by atoms with Crippen LogP contribution < -0.4 is 9.64 Å². The minimum atomic E-state index is -0.550. The largest absolute Gasteiger partial charge is 0.482 e. The molecule has 0 fully saturated rings. The van der Waals surface area contributed by atoms with Crippen molar-refractivity contribution in [3.05, 3.63) is 35.1 Å². The van der Waals surface area contributed by atoms with Gasteiger partial charge in [0.15, 0.2) is 6.61 Å². The molecule has 0 saturated carbocycles. The Hall–Kier alpha value is -3.14. The minimum Gasteiger partial charge on any atom is -0.482 e. The lowest BCUT2D eigenvalue weighted by atomic mass is 10.2. The standard InChI is InChI=1S/C18H19ClN4O6/c1-11(24)27-8-15(9-28-12(2)25)23-7-14(20-21-23)6-22-16-5-13(19)3-4-17(16)29-10-18(22)26/h3-5,7,15H,6,8-10H2,1-2H3. The molecule has 0 spiro atoms. The Bertz CT molecular complexity index is 913. The number of rotatable bonds is 7. The number of esters is 2. The van der Waals surface area contributed by atoms with Gasteiger partial charge in [0.25, 0.3) is 5.91 Å². The summed E-state index contributed by atoms with van der Waals surface area (Å²) >= 11 is 6.05. The number of hydrogen-bond donors (Lipinski definition) is 0. The summed E-state index contributed by atoms with van der Waals surface area (Å²) in [4.78, 5) is 36.1. The third kappa shape index (κ3) is 5.23. The molecule has 0 radical (unpaired) electrons. The van der Waals surface area contributed by atoms with Crippen molar-refractivity contribution >= 4 is 35.1 Å². The van der Waals surface area contributed by atoms with Gasteiger partial charge in [-0.25, -0.2) is 4.68 Å². The van der Waals surface area contributed by atoms with E-state index in [1.165, 1.54) is 23.4 Å². The molecule has 10 nitrogen and oxygen atoms in total. The van der Waals surface area contributed by atoms with Crippen LogP contribution in [0.3, 0.4) is 0 Å². The number of halogens is 1. The fourth-order valence-corrected chi connectivity index (χ4v) is 2.87. The van der Waals surface area contributed by atoms with E-state index in [1.54, 1.807) is 24.4 Å². The van der Waals surface area contributed by atoms with Crippen LogP contribution in [0.2, 0.25) is 5.02 Å². The second-order valence-corrected chi connectivity index (χ2v) is 6.77. The molecule has 0 atom stereocenters. The van der Waals surface area contributed by atoms with Crippen LogP contribution in [-0.2, 0) is 30.4 Å². The molecule has 1 aromatic carbocycles. The number of benzene rings is 1. The maximum absolute atomic E-state index is 12.4. The van der Waals surface area contributed by atoms with Crippen molar-refractivity contribution in [1.82, 2.24) is 15.0 Å². The molecule has 0 saturated heterocycles. The first-order valence-corrected chi connectivity index (χ1v) is 9.11. The van der Waals surface area contributed by atoms with Crippen LogP contribution in [0, 0.1) is 0 Å². The topological polar surface area (TPSA) is 113 Å². The minimum absolute atomic E-state index is 0.0413. The molecule has 0 unspecified atom stereocenters. The van der Waals surface area contributed by atoms with Gasteiger partial charge in [-0.1, -0.05) is 16.8 Å². The van der Waals surface area contributed by atoms with Gasteiger partial charge in [0, 0.05) is 18.9 Å². The Morgan fingerprint density at radius 1 is 1.24 bits per heavy atom. The van der Waals surface area contributed by atoms with Gasteiger partial charge < -0.3 is 14.2 Å². The number of carbonyl (C=O) groups is 3. The van der Waals surface area contributed by atoms with Crippen molar-refractivity contribution in [3.63, 3.8) is 0 Å². The van der Waals surface area contributed by atoms with Gasteiger partial charge in [-0.15, -0.1) is 5.10 Å². The Morgan fingerprint density at radius 3 is 2.59 bits per heavy atom. The number of amides is 1. The second-order valence-electron chi connectivity index (χ2n) is 6.33. The predicted molar refractivity (Wildman–Crippen MR) is 100 cm³/mol. The Labute approximate surface area is 171 Å². The van der Waals surface area contributed by atoms with E-state index in [0.717, 1.165) is 0 Å². The highest BCUT2D eigenvalue weighted by atomic mass is 35.5. The molecular formula is C18H19ClN4O6. The maximum Gasteiger partial charge on any atom is 0.302 e. The van der Waals surface area contributed by atoms with Gasteiger partial charge in [-0.2, -0.15) is 0 Å². The lowest BCUT2D eigenvalue weighted by Gasteiger charge is -2.28. The molecule has 2 heterocycles. The van der Waals surface area contributed by atoms with Crippen molar-refractivity contribution < 1.29 is 28.6 Å². The summed E-state index contributed by atoms with van der Waals surface area (Å²) in [6.45, 7) is 2.53. The molecule has 1 aliphatic heterocycles. The molecule has 2 aromatic rings. The van der Waals surface area contributed by atoms with Gasteiger partial charge in [0.05, 0.1) is 18.4 Å². The van der Waals surface area contributed by atoms with Gasteiger partial charge >= 0.3 is 11.9 Å². The molecule has 1 aromatic heterocycles. The molecule has 0 aliphatic carbocycles. The summed E-state index contributed by atoms with van der Waals surface area (Å²) in [5.74, 6) is -0.634. The van der Waals surface area contributed by atoms with E-state index in [9.17, 15) is 14.4 Å². The number of hydrogen-bond acceptors (Lipinski definition) is 8. The third-order valence-corrected chi connectivity index (χ3v) is 4.31. The lowest BCUT2D eigenvalue weighted by molar-refractivity contribution is -0.145. The zero-order chi connectivity index (χ0) is 21.0. The van der Waals surface area contributed by atoms with Crippen LogP contribution in [0.25, 0.3) is 0 Å². The third-order valence-electron chi connectivity index (χ3n) is 4.07. The van der Waals surface area contributed by atoms with Crippen molar-refractivity contribution in [2.75, 3.05) is 24.7 Å². The van der Waals surface area contributed by atoms with Gasteiger partial charge in [0.2, 0.25) is 0 Å². The Balaban J connectivity index is 1.78. The Kier molecular flexibility index (Phi) is 6.32. The first-order chi connectivity index (χ1) is 13.8. The highest BCUT2D eigenvalue weighted by Crippen LogP contribution is 2.35. The number of ether oxygens (including phenoxy) is 3. The summed E-state index contributed by atoms with van der Waals surface area (Å²) in [5.41, 5.74) is 1.03. The molecule has 1 amide bonds. The zero-order valence-electron chi connectivity index (χ0n) is 15.8. The first kappa shape index (κ1) is 20.6. The van der Waals surface area contributed by atoms with Crippen LogP contribution in [0.5, 0.6) is 5.75 Å². The highest BCUT2D eigenvalue weighted by Gasteiger charge is 2.27. The van der Waals surface area contributed by atoms with Crippen molar-refractivity contribution in [2.45, 2.75) is 26.4 Å². The van der Waals surface area contributed by atoms with E-state index in [2.05, 4.69) is 10.3 Å². The van der Waals surface area contributed by atoms with Crippen molar-refractivity contribution in [1.29, 1.82) is 0 Å². The summed E-state index contributed by atoms with van der Waals surface area (Å²) in [6, 6.07) is 4.47. The van der Waals surface area contributed by atoms with Crippen molar-refractivity contribution in [3.8, 4) is 5.75 Å². The van der Waals surface area contributed by atoms with Crippen LogP contribution >= 0.6 is 11.6 Å². The maximum atomic E-state index is 12.4. The average molecular weight is 423 g/mol. The fourth-order valence-electron chi connectivity index (χ4n) is 2.70. The SMILES string of the molecule is CC(=O)OCC(COC(C)=O)n1cc(CN2C(=O)COc3ccc(Cl)cc32)nn1. The highest BCUT2D eigenvalue weighted by molar-refractivity contribution is 6.31. The smallest absolute Gasteiger partial charge is 0.302 e. The average Bonchev–Trinajstić information content (AvgIpc) is 3.12. The first-order valence-electron chi connectivity index (χ1n) is 8.73. The summed E-state index contributed by atoms with van der Waals surface area (Å²) in [6.07, 6.45) is 1.60. The molecule has 11 heteroatoms. The molecule has 3 rings (SSSR count). The number of aromatic nitrogens is 3. The number of carbonyl (C=O) groups excluding carboxylic acids is 3. The lowest BCUT2D eigenvalue weighted by Crippen LogP contribution is -2.38. The summed E-state index contributed by atoms with van der Waals surface area (Å²) in [5, 5.41) is 8.58. The van der Waals surface area contributed by atoms with Gasteiger partial charge in [-0.3, -0.25) is 19.3 Å². The molecule has 29 heavy (non-hydrogen) atoms. The van der Waals surface area contributed by atoms with Gasteiger partial charge in [-0.05, 0) is 18.2 Å². The van der Waals surface area contributed by atoms with Crippen LogP contribution in [0.4, 0.5) is 5.69 Å². The molecule has 0 bridgehead atoms. The van der Waals surface area contributed by atoms with Crippen molar-refractivity contribution in [2.24, 2.45) is 0 Å². The van der Waals surface area contributed by atoms with Crippen LogP contribution in [0.1, 0.15) is 25.6 Å². The van der Waals surface area contributed by atoms with E-state index >= 15 is 0 Å². The second kappa shape index (κ2) is 8.91. The molecule has 154 valence electrons. The number of fused-ring (bicyclic) bond motifs is 1. The molecule has 0 N–H and O–H groups in total. The van der Waals surface area contributed by atoms with E-state index in [0.29, 0.717) is 22.2 Å². The van der Waals surface area contributed by atoms with E-state index in [-0.39, 0.29) is 32.3 Å². The normalized spacial score (nSPS) is 13.1. The summed E-state index contributed by atoms with van der Waals surface area (Å²) in [7, 11) is 0. The van der Waals surface area contributed by atoms with Gasteiger partial charge in [0.1, 0.15) is 30.7 Å². The zero-order valence-corrected chi connectivity index (χ0v) is 16.6. The number of anilines is 1. The number of nitrogens with zero attached hydrogens (tertiary/aromatic N) is 4. The van der Waals surface area contributed by atoms with E-state index < -0.39 is 18.0 Å². The monoisotopic (exact) mass is 422 g/mol. The fraction of sp³-hybridized carbons (Fsp3) is 0.389. The Morgan fingerprint density at radius 2 is 1.93 bits per heavy atom. The quantitative estimate of drug-likeness (QED) is 0.617. The molecular weight excluding hydrogens is 404 g/mol. The predicted octanol–water partition coefficient (Wildman–Crippen LogP) is 1.52. The summed E-state index contributed by atoms with van der Waals surface area (Å²) < 4.78 is 16.9. The van der Waals surface area contributed by atoms with Crippen LogP contribution in [0.15, 0.2) is 24.4 Å². The van der Waals surface area contributed by atoms with E-state index in [1.807, 2.05) is 0 Å². The van der Waals surface area contributed by atoms with E-state index in [4.69, 9.17) is 25.8 Å². The molecule has 1 aliphatic rings.